The van der Waals surface area contributed by atoms with Crippen molar-refractivity contribution in [2.24, 2.45) is 5.10 Å². The minimum absolute atomic E-state index is 0.266. The van der Waals surface area contributed by atoms with Gasteiger partial charge in [-0.2, -0.15) is 9.78 Å². The smallest absolute Gasteiger partial charge is 0.207 e. The highest BCUT2D eigenvalue weighted by molar-refractivity contribution is 7.98. The second kappa shape index (κ2) is 8.96. The molecule has 7 heteroatoms. The van der Waals surface area contributed by atoms with Crippen molar-refractivity contribution in [3.05, 3.63) is 76.3 Å². The Bertz CT molecular complexity index is 876. The predicted octanol–water partition coefficient (Wildman–Crippen LogP) is 5.20. The molecule has 0 saturated heterocycles. The normalized spacial score (nSPS) is 11.3. The third-order valence-corrected chi connectivity index (χ3v) is 4.87. The second-order valence-electron chi connectivity index (χ2n) is 5.67. The number of halogens is 2. The summed E-state index contributed by atoms with van der Waals surface area (Å²) in [6.45, 7) is 2.09. The van der Waals surface area contributed by atoms with Crippen LogP contribution in [0, 0.1) is 5.82 Å². The molecule has 0 aliphatic rings. The molecule has 0 saturated carbocycles. The summed E-state index contributed by atoms with van der Waals surface area (Å²) < 4.78 is 14.8. The Labute approximate surface area is 161 Å². The molecule has 3 aromatic rings. The molecule has 134 valence electrons. The summed E-state index contributed by atoms with van der Waals surface area (Å²) in [5, 5.41) is 14.5. The first-order valence-electron chi connectivity index (χ1n) is 8.27. The molecule has 0 atom stereocenters. The molecule has 0 spiro atoms. The second-order valence-corrected chi connectivity index (χ2v) is 7.05. The van der Waals surface area contributed by atoms with E-state index >= 15 is 0 Å². The van der Waals surface area contributed by atoms with Gasteiger partial charge in [0.05, 0.1) is 6.21 Å². The van der Waals surface area contributed by atoms with Crippen LogP contribution in [0.25, 0.3) is 0 Å². The monoisotopic (exact) mass is 388 g/mol. The zero-order valence-corrected chi connectivity index (χ0v) is 15.8. The zero-order valence-electron chi connectivity index (χ0n) is 14.3. The Balaban J connectivity index is 1.79. The Morgan fingerprint density at radius 3 is 2.54 bits per heavy atom. The first-order chi connectivity index (χ1) is 12.7. The highest BCUT2D eigenvalue weighted by Crippen LogP contribution is 2.23. The molecule has 0 aliphatic carbocycles. The van der Waals surface area contributed by atoms with Crippen LogP contribution in [0.15, 0.2) is 58.8 Å². The molecule has 3 rings (SSSR count). The number of benzene rings is 2. The molecular formula is C19H18ClFN4S. The largest absolute Gasteiger partial charge is 0.212 e. The van der Waals surface area contributed by atoms with Crippen molar-refractivity contribution in [1.29, 1.82) is 0 Å². The van der Waals surface area contributed by atoms with Gasteiger partial charge in [-0.15, -0.1) is 10.2 Å². The fourth-order valence-electron chi connectivity index (χ4n) is 2.28. The van der Waals surface area contributed by atoms with Crippen LogP contribution < -0.4 is 0 Å². The van der Waals surface area contributed by atoms with Gasteiger partial charge in [0.15, 0.2) is 5.82 Å². The number of hydrogen-bond acceptors (Lipinski definition) is 4. The summed E-state index contributed by atoms with van der Waals surface area (Å²) in [4.78, 5) is 0. The van der Waals surface area contributed by atoms with Crippen LogP contribution in [0.3, 0.4) is 0 Å². The van der Waals surface area contributed by atoms with E-state index in [0.29, 0.717) is 0 Å². The van der Waals surface area contributed by atoms with Gasteiger partial charge in [0.2, 0.25) is 5.16 Å². The van der Waals surface area contributed by atoms with Crippen molar-refractivity contribution < 1.29 is 4.39 Å². The topological polar surface area (TPSA) is 43.1 Å². The van der Waals surface area contributed by atoms with E-state index in [9.17, 15) is 4.39 Å². The summed E-state index contributed by atoms with van der Waals surface area (Å²) in [6, 6.07) is 13.9. The first kappa shape index (κ1) is 18.6. The zero-order chi connectivity index (χ0) is 18.4. The minimum atomic E-state index is -0.266. The van der Waals surface area contributed by atoms with E-state index in [2.05, 4.69) is 22.2 Å². The molecule has 1 heterocycles. The van der Waals surface area contributed by atoms with Gasteiger partial charge < -0.3 is 0 Å². The van der Waals surface area contributed by atoms with Gasteiger partial charge in [-0.25, -0.2) is 4.39 Å². The molecule has 0 aliphatic heterocycles. The van der Waals surface area contributed by atoms with Crippen molar-refractivity contribution in [1.82, 2.24) is 14.9 Å². The Morgan fingerprint density at radius 1 is 1.12 bits per heavy atom. The molecule has 0 bridgehead atoms. The molecule has 0 amide bonds. The minimum Gasteiger partial charge on any atom is -0.207 e. The van der Waals surface area contributed by atoms with Crippen LogP contribution >= 0.6 is 23.4 Å². The van der Waals surface area contributed by atoms with Gasteiger partial charge in [-0.05, 0) is 41.8 Å². The number of nitrogens with zero attached hydrogens (tertiary/aromatic N) is 4. The van der Waals surface area contributed by atoms with Crippen LogP contribution in [0.2, 0.25) is 5.02 Å². The summed E-state index contributed by atoms with van der Waals surface area (Å²) >= 11 is 7.49. The van der Waals surface area contributed by atoms with Crippen LogP contribution in [-0.4, -0.2) is 21.1 Å². The van der Waals surface area contributed by atoms with Gasteiger partial charge in [0.1, 0.15) is 5.82 Å². The van der Waals surface area contributed by atoms with E-state index in [1.165, 1.54) is 12.1 Å². The van der Waals surface area contributed by atoms with Crippen LogP contribution in [-0.2, 0) is 12.2 Å². The molecule has 4 nitrogen and oxygen atoms in total. The average molecular weight is 389 g/mol. The maximum absolute atomic E-state index is 13.0. The van der Waals surface area contributed by atoms with Gasteiger partial charge in [0, 0.05) is 17.2 Å². The molecule has 1 aromatic heterocycles. The third-order valence-electron chi connectivity index (χ3n) is 3.62. The van der Waals surface area contributed by atoms with Crippen LogP contribution in [0.4, 0.5) is 4.39 Å². The van der Waals surface area contributed by atoms with Crippen LogP contribution in [0.1, 0.15) is 30.3 Å². The van der Waals surface area contributed by atoms with Gasteiger partial charge in [-0.1, -0.05) is 54.6 Å². The molecule has 2 aromatic carbocycles. The van der Waals surface area contributed by atoms with E-state index < -0.39 is 0 Å². The lowest BCUT2D eigenvalue weighted by Gasteiger charge is -2.04. The van der Waals surface area contributed by atoms with Crippen molar-refractivity contribution in [3.63, 3.8) is 0 Å². The fourth-order valence-corrected chi connectivity index (χ4v) is 3.27. The Kier molecular flexibility index (Phi) is 6.41. The molecule has 0 unspecified atom stereocenters. The van der Waals surface area contributed by atoms with Crippen molar-refractivity contribution >= 4 is 29.6 Å². The molecule has 0 N–H and O–H groups in total. The maximum atomic E-state index is 13.0. The number of aromatic nitrogens is 3. The quantitative estimate of drug-likeness (QED) is 0.413. The summed E-state index contributed by atoms with van der Waals surface area (Å²) in [5.41, 5.74) is 1.96. The van der Waals surface area contributed by atoms with Gasteiger partial charge in [-0.3, -0.25) is 0 Å². The molecular weight excluding hydrogens is 371 g/mol. The summed E-state index contributed by atoms with van der Waals surface area (Å²) in [6.07, 6.45) is 3.43. The summed E-state index contributed by atoms with van der Waals surface area (Å²) in [5.74, 6) is 1.29. The molecule has 0 radical (unpaired) electrons. The fraction of sp³-hybridized carbons (Fsp3) is 0.211. The van der Waals surface area contributed by atoms with E-state index in [1.807, 2.05) is 24.3 Å². The SMILES string of the molecule is CCCc1nnc(SCc2ccc(Cl)cc2)n1/N=C/c1ccc(F)cc1. The van der Waals surface area contributed by atoms with Crippen molar-refractivity contribution in [2.75, 3.05) is 0 Å². The Morgan fingerprint density at radius 2 is 1.85 bits per heavy atom. The van der Waals surface area contributed by atoms with E-state index in [-0.39, 0.29) is 5.82 Å². The standard InChI is InChI=1S/C19H18ClFN4S/c1-2-3-18-23-24-19(26-13-15-4-8-16(20)9-5-15)25(18)22-12-14-6-10-17(21)11-7-14/h4-12H,2-3,13H2,1H3/b22-12+. The number of rotatable bonds is 7. The highest BCUT2D eigenvalue weighted by Gasteiger charge is 2.11. The van der Waals surface area contributed by atoms with Crippen LogP contribution in [0.5, 0.6) is 0 Å². The Hall–Kier alpha value is -2.18. The lowest BCUT2D eigenvalue weighted by molar-refractivity contribution is 0.628. The van der Waals surface area contributed by atoms with Crippen molar-refractivity contribution in [2.45, 2.75) is 30.7 Å². The van der Waals surface area contributed by atoms with E-state index in [4.69, 9.17) is 11.6 Å². The van der Waals surface area contributed by atoms with E-state index in [0.717, 1.165) is 45.7 Å². The average Bonchev–Trinajstić information content (AvgIpc) is 3.03. The lowest BCUT2D eigenvalue weighted by atomic mass is 10.2. The summed E-state index contributed by atoms with van der Waals surface area (Å²) in [7, 11) is 0. The third kappa shape index (κ3) is 4.93. The first-order valence-corrected chi connectivity index (χ1v) is 9.63. The lowest BCUT2D eigenvalue weighted by Crippen LogP contribution is -2.00. The number of aryl methyl sites for hydroxylation is 1. The van der Waals surface area contributed by atoms with Gasteiger partial charge >= 0.3 is 0 Å². The maximum Gasteiger partial charge on any atom is 0.212 e. The van der Waals surface area contributed by atoms with Crippen molar-refractivity contribution in [3.8, 4) is 0 Å². The number of hydrogen-bond donors (Lipinski definition) is 0. The molecule has 0 fully saturated rings. The highest BCUT2D eigenvalue weighted by atomic mass is 35.5. The van der Waals surface area contributed by atoms with E-state index in [1.54, 1.807) is 34.8 Å². The number of thioether (sulfide) groups is 1. The predicted molar refractivity (Wildman–Crippen MR) is 104 cm³/mol. The van der Waals surface area contributed by atoms with Gasteiger partial charge in [0.25, 0.3) is 0 Å². The molecule has 26 heavy (non-hydrogen) atoms.